The van der Waals surface area contributed by atoms with Gasteiger partial charge in [-0.05, 0) is 63.6 Å². The predicted molar refractivity (Wildman–Crippen MR) is 108 cm³/mol. The van der Waals surface area contributed by atoms with Gasteiger partial charge in [-0.25, -0.2) is 17.9 Å². The number of nitrogens with one attached hydrogen (secondary N) is 2. The normalized spacial score (nSPS) is 17.6. The maximum atomic E-state index is 12.7. The highest BCUT2D eigenvalue weighted by atomic mass is 32.2. The van der Waals surface area contributed by atoms with Crippen LogP contribution >= 0.6 is 0 Å². The van der Waals surface area contributed by atoms with E-state index in [1.54, 1.807) is 17.0 Å². The Morgan fingerprint density at radius 1 is 1.19 bits per heavy atom. The van der Waals surface area contributed by atoms with Crippen LogP contribution in [0.15, 0.2) is 29.2 Å². The van der Waals surface area contributed by atoms with E-state index in [1.807, 2.05) is 32.9 Å². The molecule has 0 bridgehead atoms. The van der Waals surface area contributed by atoms with Gasteiger partial charge in [0, 0.05) is 24.7 Å². The summed E-state index contributed by atoms with van der Waals surface area (Å²) in [5.74, 6) is 0.415. The SMILES string of the molecule is CC[C@@H](C)c1ccc(S(=O)(=O)NC2CCN(C(=O)NC(C)(C)C)CC2)cc1. The molecule has 1 aromatic carbocycles. The van der Waals surface area contributed by atoms with E-state index in [0.717, 1.165) is 12.0 Å². The Morgan fingerprint density at radius 2 is 1.74 bits per heavy atom. The molecule has 2 N–H and O–H groups in total. The number of benzene rings is 1. The first kappa shape index (κ1) is 21.7. The van der Waals surface area contributed by atoms with Crippen LogP contribution in [-0.4, -0.2) is 44.0 Å². The van der Waals surface area contributed by atoms with Crippen molar-refractivity contribution in [1.29, 1.82) is 0 Å². The number of carbonyl (C=O) groups is 1. The number of nitrogens with zero attached hydrogens (tertiary/aromatic N) is 1. The highest BCUT2D eigenvalue weighted by molar-refractivity contribution is 7.89. The maximum absolute atomic E-state index is 12.7. The first-order valence-electron chi connectivity index (χ1n) is 9.71. The van der Waals surface area contributed by atoms with Gasteiger partial charge in [-0.2, -0.15) is 0 Å². The molecule has 1 aromatic rings. The minimum atomic E-state index is -3.54. The van der Waals surface area contributed by atoms with Crippen molar-refractivity contribution in [2.24, 2.45) is 0 Å². The second-order valence-corrected chi connectivity index (χ2v) is 10.2. The number of piperidine rings is 1. The molecule has 0 unspecified atom stereocenters. The van der Waals surface area contributed by atoms with Crippen molar-refractivity contribution in [3.8, 4) is 0 Å². The molecule has 152 valence electrons. The van der Waals surface area contributed by atoms with E-state index in [4.69, 9.17) is 0 Å². The number of hydrogen-bond acceptors (Lipinski definition) is 3. The third kappa shape index (κ3) is 6.21. The van der Waals surface area contributed by atoms with Crippen molar-refractivity contribution in [3.63, 3.8) is 0 Å². The largest absolute Gasteiger partial charge is 0.333 e. The molecule has 6 nitrogen and oxygen atoms in total. The lowest BCUT2D eigenvalue weighted by atomic mass is 9.99. The van der Waals surface area contributed by atoms with Crippen LogP contribution in [0.2, 0.25) is 0 Å². The van der Waals surface area contributed by atoms with Gasteiger partial charge in [0.1, 0.15) is 0 Å². The van der Waals surface area contributed by atoms with Crippen molar-refractivity contribution >= 4 is 16.1 Å². The van der Waals surface area contributed by atoms with Crippen molar-refractivity contribution in [3.05, 3.63) is 29.8 Å². The third-order valence-corrected chi connectivity index (χ3v) is 6.49. The first-order valence-corrected chi connectivity index (χ1v) is 11.2. The van der Waals surface area contributed by atoms with E-state index in [-0.39, 0.29) is 17.6 Å². The molecule has 1 fully saturated rings. The van der Waals surface area contributed by atoms with Gasteiger partial charge >= 0.3 is 6.03 Å². The summed E-state index contributed by atoms with van der Waals surface area (Å²) in [6.07, 6.45) is 2.25. The van der Waals surface area contributed by atoms with Gasteiger partial charge in [0.25, 0.3) is 0 Å². The number of carbonyl (C=O) groups excluding carboxylic acids is 1. The van der Waals surface area contributed by atoms with Crippen molar-refractivity contribution in [1.82, 2.24) is 14.9 Å². The van der Waals surface area contributed by atoms with Gasteiger partial charge in [-0.3, -0.25) is 0 Å². The Kier molecular flexibility index (Phi) is 6.92. The molecule has 7 heteroatoms. The standard InChI is InChI=1S/C20H33N3O3S/c1-6-15(2)16-7-9-18(10-8-16)27(25,26)22-17-11-13-23(14-12-17)19(24)21-20(3,4)5/h7-10,15,17,22H,6,11-14H2,1-5H3,(H,21,24)/t15-/m1/s1. The maximum Gasteiger partial charge on any atom is 0.317 e. The minimum absolute atomic E-state index is 0.0931. The molecule has 0 aliphatic carbocycles. The van der Waals surface area contributed by atoms with Crippen LogP contribution in [0.25, 0.3) is 0 Å². The summed E-state index contributed by atoms with van der Waals surface area (Å²) < 4.78 is 28.1. The van der Waals surface area contributed by atoms with Gasteiger partial charge in [0.2, 0.25) is 10.0 Å². The Hall–Kier alpha value is -1.60. The van der Waals surface area contributed by atoms with E-state index in [2.05, 4.69) is 23.9 Å². The highest BCUT2D eigenvalue weighted by Gasteiger charge is 2.28. The monoisotopic (exact) mass is 395 g/mol. The molecular formula is C20H33N3O3S. The Morgan fingerprint density at radius 3 is 2.22 bits per heavy atom. The fourth-order valence-electron chi connectivity index (χ4n) is 3.10. The van der Waals surface area contributed by atoms with Gasteiger partial charge in [0.15, 0.2) is 0 Å². The third-order valence-electron chi connectivity index (χ3n) is 4.96. The van der Waals surface area contributed by atoms with Gasteiger partial charge < -0.3 is 10.2 Å². The average Bonchev–Trinajstić information content (AvgIpc) is 2.60. The summed E-state index contributed by atoms with van der Waals surface area (Å²) in [4.78, 5) is 14.3. The van der Waals surface area contributed by atoms with Crippen LogP contribution in [0, 0.1) is 0 Å². The quantitative estimate of drug-likeness (QED) is 0.801. The minimum Gasteiger partial charge on any atom is -0.333 e. The summed E-state index contributed by atoms with van der Waals surface area (Å²) in [5.41, 5.74) is 0.867. The fraction of sp³-hybridized carbons (Fsp3) is 0.650. The smallest absolute Gasteiger partial charge is 0.317 e. The molecule has 2 amide bonds. The Balaban J connectivity index is 1.93. The lowest BCUT2D eigenvalue weighted by molar-refractivity contribution is 0.172. The van der Waals surface area contributed by atoms with E-state index < -0.39 is 10.0 Å². The van der Waals surface area contributed by atoms with Crippen LogP contribution in [0.3, 0.4) is 0 Å². The fourth-order valence-corrected chi connectivity index (χ4v) is 4.40. The zero-order valence-electron chi connectivity index (χ0n) is 17.1. The number of likely N-dealkylation sites (tertiary alicyclic amines) is 1. The van der Waals surface area contributed by atoms with Crippen LogP contribution < -0.4 is 10.0 Å². The molecule has 1 aliphatic heterocycles. The van der Waals surface area contributed by atoms with Gasteiger partial charge in [0.05, 0.1) is 4.90 Å². The molecule has 0 aromatic heterocycles. The van der Waals surface area contributed by atoms with Crippen molar-refractivity contribution < 1.29 is 13.2 Å². The second kappa shape index (κ2) is 8.61. The highest BCUT2D eigenvalue weighted by Crippen LogP contribution is 2.21. The molecule has 0 saturated carbocycles. The van der Waals surface area contributed by atoms with Crippen LogP contribution in [0.4, 0.5) is 4.79 Å². The topological polar surface area (TPSA) is 78.5 Å². The zero-order valence-corrected chi connectivity index (χ0v) is 17.9. The van der Waals surface area contributed by atoms with E-state index >= 15 is 0 Å². The van der Waals surface area contributed by atoms with Crippen LogP contribution in [0.5, 0.6) is 0 Å². The summed E-state index contributed by atoms with van der Waals surface area (Å²) in [5, 5.41) is 2.95. The summed E-state index contributed by atoms with van der Waals surface area (Å²) in [7, 11) is -3.54. The Bertz CT molecular complexity index is 731. The number of amides is 2. The van der Waals surface area contributed by atoms with E-state index in [9.17, 15) is 13.2 Å². The molecule has 1 atom stereocenters. The van der Waals surface area contributed by atoms with E-state index in [1.165, 1.54) is 0 Å². The number of hydrogen-bond donors (Lipinski definition) is 2. The molecule has 1 aliphatic rings. The average molecular weight is 396 g/mol. The molecular weight excluding hydrogens is 362 g/mol. The lowest BCUT2D eigenvalue weighted by Crippen LogP contribution is -2.53. The van der Waals surface area contributed by atoms with Crippen LogP contribution in [0.1, 0.15) is 65.4 Å². The molecule has 1 heterocycles. The summed E-state index contributed by atoms with van der Waals surface area (Å²) >= 11 is 0. The molecule has 2 rings (SSSR count). The van der Waals surface area contributed by atoms with Crippen LogP contribution in [-0.2, 0) is 10.0 Å². The lowest BCUT2D eigenvalue weighted by Gasteiger charge is -2.34. The molecule has 0 spiro atoms. The zero-order chi connectivity index (χ0) is 20.2. The molecule has 0 radical (unpaired) electrons. The number of sulfonamides is 1. The van der Waals surface area contributed by atoms with Crippen molar-refractivity contribution in [2.75, 3.05) is 13.1 Å². The number of urea groups is 1. The summed E-state index contributed by atoms with van der Waals surface area (Å²) in [6.45, 7) is 11.2. The first-order chi connectivity index (χ1) is 12.5. The number of rotatable bonds is 5. The second-order valence-electron chi connectivity index (χ2n) is 8.44. The van der Waals surface area contributed by atoms with Gasteiger partial charge in [-0.1, -0.05) is 26.0 Å². The predicted octanol–water partition coefficient (Wildman–Crippen LogP) is 3.45. The molecule has 1 saturated heterocycles. The Labute approximate surface area is 163 Å². The van der Waals surface area contributed by atoms with Gasteiger partial charge in [-0.15, -0.1) is 0 Å². The van der Waals surface area contributed by atoms with Crippen molar-refractivity contribution in [2.45, 2.75) is 76.3 Å². The summed E-state index contributed by atoms with van der Waals surface area (Å²) in [6, 6.07) is 6.89. The molecule has 27 heavy (non-hydrogen) atoms. The van der Waals surface area contributed by atoms with E-state index in [0.29, 0.717) is 36.7 Å².